The molecule has 0 heterocycles. The minimum atomic E-state index is -0.677. The van der Waals surface area contributed by atoms with Gasteiger partial charge in [0.15, 0.2) is 0 Å². The quantitative estimate of drug-likeness (QED) is 0.758. The molecule has 0 aromatic heterocycles. The van der Waals surface area contributed by atoms with Gasteiger partial charge in [0.05, 0.1) is 0 Å². The van der Waals surface area contributed by atoms with E-state index in [9.17, 15) is 4.79 Å². The monoisotopic (exact) mass is 227 g/mol. The molecule has 1 aliphatic carbocycles. The zero-order chi connectivity index (χ0) is 12.0. The Bertz CT molecular complexity index is 218. The molecular weight excluding hydrogens is 202 g/mol. The second-order valence-electron chi connectivity index (χ2n) is 5.00. The maximum Gasteiger partial charge on any atom is 0.303 e. The van der Waals surface area contributed by atoms with Gasteiger partial charge in [0.1, 0.15) is 0 Å². The van der Waals surface area contributed by atoms with Crippen LogP contribution in [0.2, 0.25) is 0 Å². The topological polar surface area (TPSA) is 40.5 Å². The zero-order valence-corrected chi connectivity index (χ0v) is 10.6. The van der Waals surface area contributed by atoms with Crippen LogP contribution in [0.25, 0.3) is 0 Å². The molecule has 0 spiro atoms. The van der Waals surface area contributed by atoms with Crippen LogP contribution in [-0.4, -0.2) is 35.6 Å². The van der Waals surface area contributed by atoms with Crippen molar-refractivity contribution in [3.8, 4) is 0 Å². The summed E-state index contributed by atoms with van der Waals surface area (Å²) in [4.78, 5) is 12.8. The summed E-state index contributed by atoms with van der Waals surface area (Å²) < 4.78 is 0. The molecule has 1 saturated carbocycles. The van der Waals surface area contributed by atoms with E-state index in [1.807, 2.05) is 0 Å². The van der Waals surface area contributed by atoms with Crippen LogP contribution < -0.4 is 0 Å². The minimum Gasteiger partial charge on any atom is -0.481 e. The van der Waals surface area contributed by atoms with Crippen molar-refractivity contribution in [3.05, 3.63) is 0 Å². The lowest BCUT2D eigenvalue weighted by Gasteiger charge is -2.37. The molecule has 0 amide bonds. The molecule has 94 valence electrons. The third-order valence-corrected chi connectivity index (χ3v) is 3.86. The highest BCUT2D eigenvalue weighted by atomic mass is 16.4. The molecule has 0 radical (unpaired) electrons. The van der Waals surface area contributed by atoms with Crippen molar-refractivity contribution in [3.63, 3.8) is 0 Å². The second kappa shape index (κ2) is 6.89. The van der Waals surface area contributed by atoms with Crippen LogP contribution in [0.1, 0.15) is 51.9 Å². The average Bonchev–Trinajstić information content (AvgIpc) is 2.28. The molecular formula is C13H25NO2. The van der Waals surface area contributed by atoms with E-state index in [-0.39, 0.29) is 0 Å². The van der Waals surface area contributed by atoms with E-state index in [1.54, 1.807) is 0 Å². The lowest BCUT2D eigenvalue weighted by Crippen LogP contribution is -2.40. The molecule has 16 heavy (non-hydrogen) atoms. The van der Waals surface area contributed by atoms with Crippen LogP contribution in [0.3, 0.4) is 0 Å². The lowest BCUT2D eigenvalue weighted by atomic mass is 9.82. The van der Waals surface area contributed by atoms with Gasteiger partial charge >= 0.3 is 5.97 Å². The molecule has 1 rings (SSSR count). The predicted octanol–water partition coefficient (Wildman–Crippen LogP) is 2.75. The summed E-state index contributed by atoms with van der Waals surface area (Å²) in [5.74, 6) is 0.146. The van der Waals surface area contributed by atoms with Crippen LogP contribution in [0.15, 0.2) is 0 Å². The van der Waals surface area contributed by atoms with E-state index < -0.39 is 5.97 Å². The fraction of sp³-hybridized carbons (Fsp3) is 0.923. The number of nitrogens with zero attached hydrogens (tertiary/aromatic N) is 1. The predicted molar refractivity (Wildman–Crippen MR) is 65.5 cm³/mol. The van der Waals surface area contributed by atoms with Gasteiger partial charge in [-0.1, -0.05) is 26.2 Å². The molecule has 1 N–H and O–H groups in total. The molecule has 0 aromatic carbocycles. The first-order valence-electron chi connectivity index (χ1n) is 6.57. The van der Waals surface area contributed by atoms with E-state index in [0.29, 0.717) is 12.5 Å². The molecule has 1 aliphatic rings. The van der Waals surface area contributed by atoms with Crippen molar-refractivity contribution in [1.29, 1.82) is 0 Å². The van der Waals surface area contributed by atoms with Crippen molar-refractivity contribution < 1.29 is 9.90 Å². The van der Waals surface area contributed by atoms with E-state index in [2.05, 4.69) is 18.9 Å². The van der Waals surface area contributed by atoms with Gasteiger partial charge in [-0.3, -0.25) is 4.79 Å². The Morgan fingerprint density at radius 1 is 1.38 bits per heavy atom. The van der Waals surface area contributed by atoms with Gasteiger partial charge in [-0.25, -0.2) is 0 Å². The van der Waals surface area contributed by atoms with E-state index in [4.69, 9.17) is 5.11 Å². The van der Waals surface area contributed by atoms with Gasteiger partial charge in [0.2, 0.25) is 0 Å². The number of aliphatic carboxylic acids is 1. The molecule has 3 nitrogen and oxygen atoms in total. The smallest absolute Gasteiger partial charge is 0.303 e. The lowest BCUT2D eigenvalue weighted by molar-refractivity contribution is -0.137. The first kappa shape index (κ1) is 13.5. The van der Waals surface area contributed by atoms with Crippen LogP contribution in [0, 0.1) is 5.92 Å². The SMILES string of the molecule is CCC1CCCCC1N(C)CCCC(=O)O. The second-order valence-corrected chi connectivity index (χ2v) is 5.00. The van der Waals surface area contributed by atoms with Gasteiger partial charge in [-0.15, -0.1) is 0 Å². The summed E-state index contributed by atoms with van der Waals surface area (Å²) in [7, 11) is 2.15. The summed E-state index contributed by atoms with van der Waals surface area (Å²) in [5.41, 5.74) is 0. The van der Waals surface area contributed by atoms with E-state index >= 15 is 0 Å². The molecule has 2 unspecified atom stereocenters. The van der Waals surface area contributed by atoms with Gasteiger partial charge in [-0.05, 0) is 38.8 Å². The molecule has 0 saturated heterocycles. The number of carboxylic acids is 1. The highest BCUT2D eigenvalue weighted by Crippen LogP contribution is 2.30. The Morgan fingerprint density at radius 2 is 2.06 bits per heavy atom. The molecule has 0 bridgehead atoms. The minimum absolute atomic E-state index is 0.299. The maximum atomic E-state index is 10.5. The third-order valence-electron chi connectivity index (χ3n) is 3.86. The van der Waals surface area contributed by atoms with Crippen molar-refractivity contribution >= 4 is 5.97 Å². The Morgan fingerprint density at radius 3 is 2.69 bits per heavy atom. The van der Waals surface area contributed by atoms with E-state index in [1.165, 1.54) is 32.1 Å². The molecule has 1 fully saturated rings. The number of hydrogen-bond acceptors (Lipinski definition) is 2. The van der Waals surface area contributed by atoms with Gasteiger partial charge in [0, 0.05) is 12.5 Å². The molecule has 2 atom stereocenters. The number of rotatable bonds is 6. The normalized spacial score (nSPS) is 25.9. The molecule has 0 aliphatic heterocycles. The highest BCUT2D eigenvalue weighted by Gasteiger charge is 2.26. The standard InChI is InChI=1S/C13H25NO2/c1-3-11-7-4-5-8-12(11)14(2)10-6-9-13(15)16/h11-12H,3-10H2,1-2H3,(H,15,16). The summed E-state index contributed by atoms with van der Waals surface area (Å²) in [6.07, 6.45) is 7.69. The van der Waals surface area contributed by atoms with Crippen molar-refractivity contribution in [2.45, 2.75) is 57.9 Å². The van der Waals surface area contributed by atoms with Gasteiger partial charge in [-0.2, -0.15) is 0 Å². The Kier molecular flexibility index (Phi) is 5.81. The largest absolute Gasteiger partial charge is 0.481 e. The number of carboxylic acid groups (broad SMARTS) is 1. The fourth-order valence-electron chi connectivity index (χ4n) is 2.89. The van der Waals surface area contributed by atoms with Crippen molar-refractivity contribution in [2.75, 3.05) is 13.6 Å². The summed E-state index contributed by atoms with van der Waals surface area (Å²) >= 11 is 0. The van der Waals surface area contributed by atoms with Crippen molar-refractivity contribution in [1.82, 2.24) is 4.90 Å². The van der Waals surface area contributed by atoms with Crippen molar-refractivity contribution in [2.24, 2.45) is 5.92 Å². The van der Waals surface area contributed by atoms with E-state index in [0.717, 1.165) is 18.9 Å². The Hall–Kier alpha value is -0.570. The van der Waals surface area contributed by atoms with Gasteiger partial charge < -0.3 is 10.0 Å². The zero-order valence-electron chi connectivity index (χ0n) is 10.6. The third kappa shape index (κ3) is 4.12. The first-order chi connectivity index (χ1) is 7.65. The maximum absolute atomic E-state index is 10.5. The Labute approximate surface area is 98.8 Å². The van der Waals surface area contributed by atoms with Crippen LogP contribution >= 0.6 is 0 Å². The average molecular weight is 227 g/mol. The summed E-state index contributed by atoms with van der Waals surface area (Å²) in [5, 5.41) is 8.62. The number of hydrogen-bond donors (Lipinski definition) is 1. The van der Waals surface area contributed by atoms with Crippen LogP contribution in [-0.2, 0) is 4.79 Å². The fourth-order valence-corrected chi connectivity index (χ4v) is 2.89. The van der Waals surface area contributed by atoms with Crippen LogP contribution in [0.4, 0.5) is 0 Å². The summed E-state index contributed by atoms with van der Waals surface area (Å²) in [6.45, 7) is 3.20. The molecule has 0 aromatic rings. The summed E-state index contributed by atoms with van der Waals surface area (Å²) in [6, 6.07) is 0.688. The first-order valence-corrected chi connectivity index (χ1v) is 6.57. The highest BCUT2D eigenvalue weighted by molar-refractivity contribution is 5.66. The van der Waals surface area contributed by atoms with Crippen LogP contribution in [0.5, 0.6) is 0 Å². The number of carbonyl (C=O) groups is 1. The molecule has 3 heteroatoms. The van der Waals surface area contributed by atoms with Gasteiger partial charge in [0.25, 0.3) is 0 Å². The Balaban J connectivity index is 2.32.